The molecular weight excluding hydrogens is 182 g/mol. The molecule has 2 aliphatic carbocycles. The van der Waals surface area contributed by atoms with E-state index >= 15 is 0 Å². The maximum absolute atomic E-state index is 8.97. The SMILES string of the molecule is CC1(C)[C@@H]2CC[C@@]1(CS)C(=NO)C2. The normalized spacial score (nSPS) is 44.5. The van der Waals surface area contributed by atoms with E-state index in [0.717, 1.165) is 24.3 Å². The van der Waals surface area contributed by atoms with Gasteiger partial charge in [0, 0.05) is 11.2 Å². The summed E-state index contributed by atoms with van der Waals surface area (Å²) in [5.74, 6) is 1.51. The standard InChI is InChI=1S/C10H17NOS/c1-9(2)7-3-4-10(9,6-13)8(5-7)11-12/h7,12-13H,3-6H2,1-2H3/t7-,10-/m1/s1. The quantitative estimate of drug-likeness (QED) is 0.380. The Labute approximate surface area is 84.8 Å². The van der Waals surface area contributed by atoms with Crippen molar-refractivity contribution in [3.8, 4) is 0 Å². The largest absolute Gasteiger partial charge is 0.411 e. The van der Waals surface area contributed by atoms with Crippen LogP contribution in [0.25, 0.3) is 0 Å². The van der Waals surface area contributed by atoms with Crippen molar-refractivity contribution in [1.29, 1.82) is 0 Å². The number of hydrogen-bond donors (Lipinski definition) is 2. The molecule has 0 spiro atoms. The second-order valence-electron chi connectivity index (χ2n) is 4.95. The van der Waals surface area contributed by atoms with Crippen LogP contribution in [0, 0.1) is 16.7 Å². The first-order chi connectivity index (χ1) is 6.08. The molecule has 0 amide bonds. The van der Waals surface area contributed by atoms with Gasteiger partial charge in [0.05, 0.1) is 5.71 Å². The lowest BCUT2D eigenvalue weighted by molar-refractivity contribution is 0.195. The smallest absolute Gasteiger partial charge is 0.0648 e. The van der Waals surface area contributed by atoms with Crippen LogP contribution in [0.4, 0.5) is 0 Å². The van der Waals surface area contributed by atoms with Crippen LogP contribution in [-0.4, -0.2) is 16.7 Å². The molecule has 2 aliphatic rings. The zero-order chi connectivity index (χ0) is 9.69. The summed E-state index contributed by atoms with van der Waals surface area (Å²) in [6, 6.07) is 0. The van der Waals surface area contributed by atoms with Crippen LogP contribution >= 0.6 is 12.6 Å². The average Bonchev–Trinajstić information content (AvgIpc) is 2.50. The van der Waals surface area contributed by atoms with Gasteiger partial charge in [-0.05, 0) is 30.6 Å². The average molecular weight is 199 g/mol. The summed E-state index contributed by atoms with van der Waals surface area (Å²) in [4.78, 5) is 0. The molecule has 0 aromatic heterocycles. The third-order valence-corrected chi connectivity index (χ3v) is 5.10. The minimum atomic E-state index is 0.0789. The van der Waals surface area contributed by atoms with Gasteiger partial charge in [0.15, 0.2) is 0 Å². The number of hydrogen-bond acceptors (Lipinski definition) is 3. The highest BCUT2D eigenvalue weighted by Crippen LogP contribution is 2.64. The van der Waals surface area contributed by atoms with Crippen LogP contribution < -0.4 is 0 Å². The Kier molecular flexibility index (Phi) is 1.92. The fourth-order valence-corrected chi connectivity index (χ4v) is 4.06. The van der Waals surface area contributed by atoms with E-state index in [1.54, 1.807) is 0 Å². The number of thiol groups is 1. The zero-order valence-electron chi connectivity index (χ0n) is 8.25. The second-order valence-corrected chi connectivity index (χ2v) is 5.26. The fourth-order valence-electron chi connectivity index (χ4n) is 3.31. The third-order valence-electron chi connectivity index (χ3n) is 4.56. The van der Waals surface area contributed by atoms with Crippen molar-refractivity contribution in [2.75, 3.05) is 5.75 Å². The summed E-state index contributed by atoms with van der Waals surface area (Å²) >= 11 is 4.44. The summed E-state index contributed by atoms with van der Waals surface area (Å²) in [7, 11) is 0. The number of rotatable bonds is 1. The van der Waals surface area contributed by atoms with Crippen LogP contribution in [0.1, 0.15) is 33.1 Å². The first-order valence-electron chi connectivity index (χ1n) is 4.91. The number of fused-ring (bicyclic) bond motifs is 2. The van der Waals surface area contributed by atoms with Crippen molar-refractivity contribution in [1.82, 2.24) is 0 Å². The molecule has 2 nitrogen and oxygen atoms in total. The minimum Gasteiger partial charge on any atom is -0.411 e. The summed E-state index contributed by atoms with van der Waals surface area (Å²) in [6.07, 6.45) is 3.39. The predicted octanol–water partition coefficient (Wildman–Crippen LogP) is 2.57. The Balaban J connectivity index is 2.47. The molecule has 3 heteroatoms. The van der Waals surface area contributed by atoms with E-state index < -0.39 is 0 Å². The van der Waals surface area contributed by atoms with Gasteiger partial charge in [-0.2, -0.15) is 12.6 Å². The van der Waals surface area contributed by atoms with Gasteiger partial charge in [-0.3, -0.25) is 0 Å². The molecule has 2 rings (SSSR count). The molecule has 2 fully saturated rings. The van der Waals surface area contributed by atoms with Crippen molar-refractivity contribution in [3.63, 3.8) is 0 Å². The maximum atomic E-state index is 8.97. The first-order valence-corrected chi connectivity index (χ1v) is 5.54. The molecule has 2 atom stereocenters. The Hall–Kier alpha value is -0.180. The summed E-state index contributed by atoms with van der Waals surface area (Å²) in [6.45, 7) is 4.58. The van der Waals surface area contributed by atoms with E-state index in [-0.39, 0.29) is 10.8 Å². The van der Waals surface area contributed by atoms with Gasteiger partial charge in [-0.1, -0.05) is 19.0 Å². The van der Waals surface area contributed by atoms with Crippen molar-refractivity contribution < 1.29 is 5.21 Å². The summed E-state index contributed by atoms with van der Waals surface area (Å²) in [5, 5.41) is 12.4. The monoisotopic (exact) mass is 199 g/mol. The minimum absolute atomic E-state index is 0.0789. The molecule has 13 heavy (non-hydrogen) atoms. The highest BCUT2D eigenvalue weighted by atomic mass is 32.1. The van der Waals surface area contributed by atoms with Crippen LogP contribution in [0.5, 0.6) is 0 Å². The molecule has 0 unspecified atom stereocenters. The van der Waals surface area contributed by atoms with Gasteiger partial charge in [0.2, 0.25) is 0 Å². The molecule has 0 heterocycles. The van der Waals surface area contributed by atoms with Crippen molar-refractivity contribution >= 4 is 18.3 Å². The van der Waals surface area contributed by atoms with E-state index in [0.29, 0.717) is 5.92 Å². The highest BCUT2D eigenvalue weighted by molar-refractivity contribution is 7.80. The van der Waals surface area contributed by atoms with E-state index in [1.807, 2.05) is 0 Å². The van der Waals surface area contributed by atoms with Crippen molar-refractivity contribution in [3.05, 3.63) is 0 Å². The molecule has 1 N–H and O–H groups in total. The lowest BCUT2D eigenvalue weighted by Crippen LogP contribution is -2.37. The third kappa shape index (κ3) is 0.888. The van der Waals surface area contributed by atoms with E-state index in [1.165, 1.54) is 6.42 Å². The molecule has 0 aromatic rings. The molecule has 2 bridgehead atoms. The van der Waals surface area contributed by atoms with Gasteiger partial charge in [-0.15, -0.1) is 0 Å². The van der Waals surface area contributed by atoms with Crippen LogP contribution in [0.2, 0.25) is 0 Å². The van der Waals surface area contributed by atoms with Gasteiger partial charge in [0.1, 0.15) is 0 Å². The Morgan fingerprint density at radius 2 is 2.31 bits per heavy atom. The highest BCUT2D eigenvalue weighted by Gasteiger charge is 2.62. The molecule has 0 aromatic carbocycles. The zero-order valence-corrected chi connectivity index (χ0v) is 9.14. The first kappa shape index (κ1) is 9.38. The molecule has 74 valence electrons. The number of nitrogens with zero attached hydrogens (tertiary/aromatic N) is 1. The van der Waals surface area contributed by atoms with Gasteiger partial charge < -0.3 is 5.21 Å². The number of oxime groups is 1. The molecule has 0 saturated heterocycles. The van der Waals surface area contributed by atoms with Crippen molar-refractivity contribution in [2.24, 2.45) is 21.9 Å². The maximum Gasteiger partial charge on any atom is 0.0648 e. The van der Waals surface area contributed by atoms with E-state index in [4.69, 9.17) is 5.21 Å². The Bertz CT molecular complexity index is 262. The summed E-state index contributed by atoms with van der Waals surface area (Å²) < 4.78 is 0. The molecule has 0 radical (unpaired) electrons. The lowest BCUT2D eigenvalue weighted by atomic mass is 9.70. The van der Waals surface area contributed by atoms with Crippen LogP contribution in [0.15, 0.2) is 5.16 Å². The van der Waals surface area contributed by atoms with Crippen LogP contribution in [-0.2, 0) is 0 Å². The summed E-state index contributed by atoms with van der Waals surface area (Å²) in [5.41, 5.74) is 1.34. The molecule has 2 saturated carbocycles. The predicted molar refractivity (Wildman–Crippen MR) is 56.6 cm³/mol. The van der Waals surface area contributed by atoms with E-state index in [2.05, 4.69) is 31.6 Å². The molecule has 0 aliphatic heterocycles. The van der Waals surface area contributed by atoms with Crippen molar-refractivity contribution in [2.45, 2.75) is 33.1 Å². The lowest BCUT2D eigenvalue weighted by Gasteiger charge is -2.36. The second kappa shape index (κ2) is 2.66. The Morgan fingerprint density at radius 1 is 1.62 bits per heavy atom. The molecular formula is C10H17NOS. The van der Waals surface area contributed by atoms with Gasteiger partial charge in [-0.25, -0.2) is 0 Å². The van der Waals surface area contributed by atoms with E-state index in [9.17, 15) is 0 Å². The van der Waals surface area contributed by atoms with Gasteiger partial charge >= 0.3 is 0 Å². The topological polar surface area (TPSA) is 32.6 Å². The van der Waals surface area contributed by atoms with Crippen LogP contribution in [0.3, 0.4) is 0 Å². The van der Waals surface area contributed by atoms with Gasteiger partial charge in [0.25, 0.3) is 0 Å². The Morgan fingerprint density at radius 3 is 2.69 bits per heavy atom. The fraction of sp³-hybridized carbons (Fsp3) is 0.900.